The van der Waals surface area contributed by atoms with Crippen molar-refractivity contribution in [3.05, 3.63) is 24.3 Å². The predicted molar refractivity (Wildman–Crippen MR) is 64.0 cm³/mol. The summed E-state index contributed by atoms with van der Waals surface area (Å²) in [6, 6.07) is 5.85. The van der Waals surface area contributed by atoms with Gasteiger partial charge in [0.05, 0.1) is 25.4 Å². The number of phenolic OH excluding ortho intramolecular Hbond substituents is 2. The van der Waals surface area contributed by atoms with Gasteiger partial charge in [0.25, 0.3) is 0 Å². The Balaban J connectivity index is 0.000000302. The van der Waals surface area contributed by atoms with E-state index in [0.717, 1.165) is 0 Å². The Morgan fingerprint density at radius 1 is 1.00 bits per heavy atom. The van der Waals surface area contributed by atoms with Gasteiger partial charge in [-0.25, -0.2) is 0 Å². The lowest BCUT2D eigenvalue weighted by atomic mass is 10.3. The van der Waals surface area contributed by atoms with Crippen LogP contribution in [0.2, 0.25) is 0 Å². The smallest absolute Gasteiger partial charge is 0.119 e. The number of rotatable bonds is 4. The van der Waals surface area contributed by atoms with Gasteiger partial charge in [0.2, 0.25) is 0 Å². The minimum absolute atomic E-state index is 0.0880. The second kappa shape index (κ2) is 8.81. The molecule has 0 aliphatic heterocycles. The van der Waals surface area contributed by atoms with Crippen molar-refractivity contribution in [3.63, 3.8) is 0 Å². The molecule has 98 valence electrons. The monoisotopic (exact) mass is 244 g/mol. The van der Waals surface area contributed by atoms with Gasteiger partial charge in [0, 0.05) is 6.07 Å². The Hall–Kier alpha value is -1.30. The zero-order valence-electron chi connectivity index (χ0n) is 10.1. The highest BCUT2D eigenvalue weighted by atomic mass is 16.5. The van der Waals surface area contributed by atoms with E-state index in [9.17, 15) is 0 Å². The summed E-state index contributed by atoms with van der Waals surface area (Å²) in [7, 11) is 0. The molecule has 4 N–H and O–H groups in total. The second-order valence-electron chi connectivity index (χ2n) is 3.76. The van der Waals surface area contributed by atoms with Crippen LogP contribution in [0.4, 0.5) is 0 Å². The molecule has 5 heteroatoms. The second-order valence-corrected chi connectivity index (χ2v) is 3.76. The lowest BCUT2D eigenvalue weighted by Crippen LogP contribution is -2.16. The fourth-order valence-corrected chi connectivity index (χ4v) is 0.902. The Kier molecular flexibility index (Phi) is 8.13. The average molecular weight is 244 g/mol. The number of hydrogen-bond donors (Lipinski definition) is 4. The van der Waals surface area contributed by atoms with Crippen LogP contribution >= 0.6 is 0 Å². The largest absolute Gasteiger partial charge is 0.508 e. The van der Waals surface area contributed by atoms with Crippen LogP contribution in [0.3, 0.4) is 0 Å². The van der Waals surface area contributed by atoms with Crippen molar-refractivity contribution in [3.8, 4) is 11.5 Å². The predicted octanol–water partition coefficient (Wildman–Crippen LogP) is 0.862. The summed E-state index contributed by atoms with van der Waals surface area (Å²) in [5.74, 6) is 0.176. The molecule has 0 fully saturated rings. The zero-order chi connectivity index (χ0) is 13.3. The molecule has 0 aliphatic rings. The summed E-state index contributed by atoms with van der Waals surface area (Å²) in [4.78, 5) is 0. The number of phenols is 2. The fourth-order valence-electron chi connectivity index (χ4n) is 0.902. The van der Waals surface area contributed by atoms with Crippen LogP contribution in [0.5, 0.6) is 11.5 Å². The third kappa shape index (κ3) is 11.0. The van der Waals surface area contributed by atoms with Gasteiger partial charge in [-0.15, -0.1) is 0 Å². The minimum Gasteiger partial charge on any atom is -0.508 e. The molecule has 0 spiro atoms. The van der Waals surface area contributed by atoms with E-state index < -0.39 is 12.2 Å². The normalized spacial score (nSPS) is 13.4. The van der Waals surface area contributed by atoms with Gasteiger partial charge in [-0.2, -0.15) is 0 Å². The topological polar surface area (TPSA) is 90.2 Å². The molecule has 5 nitrogen and oxygen atoms in total. The lowest BCUT2D eigenvalue weighted by Gasteiger charge is -2.06. The van der Waals surface area contributed by atoms with E-state index in [-0.39, 0.29) is 11.5 Å². The number of hydrogen-bond acceptors (Lipinski definition) is 5. The van der Waals surface area contributed by atoms with Gasteiger partial charge in [0.15, 0.2) is 0 Å². The van der Waals surface area contributed by atoms with Crippen LogP contribution in [0.15, 0.2) is 24.3 Å². The van der Waals surface area contributed by atoms with Crippen LogP contribution in [-0.2, 0) is 4.74 Å². The van der Waals surface area contributed by atoms with Crippen molar-refractivity contribution < 1.29 is 25.2 Å². The highest BCUT2D eigenvalue weighted by molar-refractivity contribution is 5.30. The third-order valence-corrected chi connectivity index (χ3v) is 1.55. The fraction of sp³-hybridized carbons (Fsp3) is 0.500. The van der Waals surface area contributed by atoms with Crippen LogP contribution in [0, 0.1) is 0 Å². The molecule has 0 aromatic heterocycles. The maximum Gasteiger partial charge on any atom is 0.119 e. The molecule has 1 aromatic rings. The highest BCUT2D eigenvalue weighted by Crippen LogP contribution is 2.14. The first-order valence-corrected chi connectivity index (χ1v) is 5.33. The van der Waals surface area contributed by atoms with E-state index >= 15 is 0 Å². The van der Waals surface area contributed by atoms with Gasteiger partial charge in [0.1, 0.15) is 11.5 Å². The van der Waals surface area contributed by atoms with E-state index in [4.69, 9.17) is 25.2 Å². The Morgan fingerprint density at radius 3 is 1.65 bits per heavy atom. The van der Waals surface area contributed by atoms with Crippen molar-refractivity contribution >= 4 is 0 Å². The van der Waals surface area contributed by atoms with Gasteiger partial charge >= 0.3 is 0 Å². The van der Waals surface area contributed by atoms with Crippen LogP contribution < -0.4 is 0 Å². The number of aliphatic hydroxyl groups is 2. The van der Waals surface area contributed by atoms with Gasteiger partial charge in [-0.05, 0) is 26.0 Å². The Labute approximate surface area is 101 Å². The van der Waals surface area contributed by atoms with E-state index in [1.807, 2.05) is 0 Å². The molecule has 1 aromatic carbocycles. The molecule has 0 saturated carbocycles. The quantitative estimate of drug-likeness (QED) is 0.631. The summed E-state index contributed by atoms with van der Waals surface area (Å²) in [5.41, 5.74) is 0. The standard InChI is InChI=1S/C6H14O3.C6H6O2/c1-5(7)3-9-4-6(2)8;7-5-2-1-3-6(8)4-5/h5-8H,3-4H2,1-2H3;1-4,7-8H. The van der Waals surface area contributed by atoms with Gasteiger partial charge in [-0.1, -0.05) is 6.07 Å². The molecular weight excluding hydrogens is 224 g/mol. The van der Waals surface area contributed by atoms with Crippen LogP contribution in [-0.4, -0.2) is 45.8 Å². The summed E-state index contributed by atoms with van der Waals surface area (Å²) in [6.45, 7) is 3.87. The molecule has 0 bridgehead atoms. The van der Waals surface area contributed by atoms with Crippen molar-refractivity contribution in [1.82, 2.24) is 0 Å². The summed E-state index contributed by atoms with van der Waals surface area (Å²) < 4.78 is 4.86. The number of aliphatic hydroxyl groups excluding tert-OH is 2. The Morgan fingerprint density at radius 2 is 1.41 bits per heavy atom. The Bertz CT molecular complexity index is 273. The van der Waals surface area contributed by atoms with E-state index in [1.54, 1.807) is 19.9 Å². The molecule has 1 rings (SSSR count). The van der Waals surface area contributed by atoms with Crippen molar-refractivity contribution in [1.29, 1.82) is 0 Å². The van der Waals surface area contributed by atoms with Gasteiger partial charge in [-0.3, -0.25) is 0 Å². The maximum absolute atomic E-state index is 8.66. The minimum atomic E-state index is -0.441. The van der Waals surface area contributed by atoms with Crippen LogP contribution in [0.1, 0.15) is 13.8 Å². The van der Waals surface area contributed by atoms with E-state index in [2.05, 4.69) is 0 Å². The highest BCUT2D eigenvalue weighted by Gasteiger charge is 1.97. The number of ether oxygens (including phenoxy) is 1. The average Bonchev–Trinajstić information content (AvgIpc) is 2.16. The molecule has 0 saturated heterocycles. The van der Waals surface area contributed by atoms with E-state index in [0.29, 0.717) is 13.2 Å². The molecule has 2 unspecified atom stereocenters. The summed E-state index contributed by atoms with van der Waals surface area (Å²) in [6.07, 6.45) is -0.882. The third-order valence-electron chi connectivity index (χ3n) is 1.55. The lowest BCUT2D eigenvalue weighted by molar-refractivity contribution is 0.00392. The molecule has 2 atom stereocenters. The summed E-state index contributed by atoms with van der Waals surface area (Å²) in [5, 5.41) is 34.6. The maximum atomic E-state index is 8.66. The number of aromatic hydroxyl groups is 2. The first kappa shape index (κ1) is 15.7. The molecular formula is C12H20O5. The van der Waals surface area contributed by atoms with Crippen LogP contribution in [0.25, 0.3) is 0 Å². The first-order chi connectivity index (χ1) is 7.91. The van der Waals surface area contributed by atoms with Crippen molar-refractivity contribution in [2.24, 2.45) is 0 Å². The first-order valence-electron chi connectivity index (χ1n) is 5.33. The molecule has 0 radical (unpaired) electrons. The number of benzene rings is 1. The molecule has 0 aliphatic carbocycles. The SMILES string of the molecule is CC(O)COCC(C)O.Oc1cccc(O)c1. The molecule has 17 heavy (non-hydrogen) atoms. The zero-order valence-corrected chi connectivity index (χ0v) is 10.1. The molecule has 0 heterocycles. The van der Waals surface area contributed by atoms with Crippen molar-refractivity contribution in [2.45, 2.75) is 26.1 Å². The summed E-state index contributed by atoms with van der Waals surface area (Å²) >= 11 is 0. The van der Waals surface area contributed by atoms with Gasteiger partial charge < -0.3 is 25.2 Å². The van der Waals surface area contributed by atoms with Crippen molar-refractivity contribution in [2.75, 3.05) is 13.2 Å². The molecule has 0 amide bonds. The van der Waals surface area contributed by atoms with E-state index in [1.165, 1.54) is 18.2 Å².